The molecule has 5 nitrogen and oxygen atoms in total. The summed E-state index contributed by atoms with van der Waals surface area (Å²) in [5, 5.41) is 17.6. The Kier molecular flexibility index (Phi) is 6.56. The molecule has 0 aliphatic rings. The third kappa shape index (κ3) is 5.73. The van der Waals surface area contributed by atoms with Crippen molar-refractivity contribution in [2.75, 3.05) is 7.11 Å². The summed E-state index contributed by atoms with van der Waals surface area (Å²) in [6.45, 7) is 0. The molecule has 0 radical (unpaired) electrons. The van der Waals surface area contributed by atoms with Crippen LogP contribution in [0.5, 0.6) is 5.75 Å². The van der Waals surface area contributed by atoms with Crippen molar-refractivity contribution in [3.8, 4) is 5.75 Å². The molecule has 5 heteroatoms. The Bertz CT molecular complexity index is 438. The maximum Gasteiger partial charge on any atom is 0.307 e. The van der Waals surface area contributed by atoms with Crippen molar-refractivity contribution in [3.63, 3.8) is 0 Å². The topological polar surface area (TPSA) is 83.8 Å². The van der Waals surface area contributed by atoms with E-state index in [1.807, 2.05) is 24.3 Å². The van der Waals surface area contributed by atoms with Crippen molar-refractivity contribution in [1.82, 2.24) is 0 Å². The zero-order chi connectivity index (χ0) is 15.0. The summed E-state index contributed by atoms with van der Waals surface area (Å²) in [5.74, 6) is -2.08. The highest BCUT2D eigenvalue weighted by molar-refractivity contribution is 5.77. The van der Waals surface area contributed by atoms with Gasteiger partial charge in [-0.2, -0.15) is 0 Å². The van der Waals surface area contributed by atoms with E-state index in [4.69, 9.17) is 14.9 Å². The molecule has 0 fully saturated rings. The van der Waals surface area contributed by atoms with Crippen LogP contribution in [-0.4, -0.2) is 29.3 Å². The fourth-order valence-electron chi connectivity index (χ4n) is 2.04. The molecule has 1 rings (SSSR count). The minimum atomic E-state index is -1.06. The lowest BCUT2D eigenvalue weighted by atomic mass is 9.97. The average Bonchev–Trinajstić information content (AvgIpc) is 2.42. The molecule has 1 aromatic rings. The van der Waals surface area contributed by atoms with Gasteiger partial charge in [0.05, 0.1) is 19.4 Å². The predicted octanol–water partition coefficient (Wildman–Crippen LogP) is 2.58. The van der Waals surface area contributed by atoms with E-state index in [-0.39, 0.29) is 6.42 Å². The SMILES string of the molecule is COc1ccc(CCCC[C@H](CC(=O)O)C(=O)O)cc1. The molecule has 0 aliphatic carbocycles. The number of benzene rings is 1. The lowest BCUT2D eigenvalue weighted by Crippen LogP contribution is -2.17. The first-order valence-corrected chi connectivity index (χ1v) is 6.60. The van der Waals surface area contributed by atoms with Gasteiger partial charge in [0.1, 0.15) is 5.75 Å². The third-order valence-electron chi connectivity index (χ3n) is 3.20. The summed E-state index contributed by atoms with van der Waals surface area (Å²) in [5.41, 5.74) is 1.16. The molecule has 1 aromatic carbocycles. The van der Waals surface area contributed by atoms with Gasteiger partial charge in [0.15, 0.2) is 0 Å². The Hall–Kier alpha value is -2.04. The molecule has 0 amide bonds. The number of unbranched alkanes of at least 4 members (excludes halogenated alkanes) is 1. The van der Waals surface area contributed by atoms with Crippen molar-refractivity contribution >= 4 is 11.9 Å². The van der Waals surface area contributed by atoms with E-state index >= 15 is 0 Å². The van der Waals surface area contributed by atoms with Crippen LogP contribution in [0.3, 0.4) is 0 Å². The number of carbonyl (C=O) groups is 2. The number of ether oxygens (including phenoxy) is 1. The van der Waals surface area contributed by atoms with Gasteiger partial charge in [-0.25, -0.2) is 0 Å². The molecular formula is C15H20O5. The summed E-state index contributed by atoms with van der Waals surface area (Å²) < 4.78 is 5.07. The summed E-state index contributed by atoms with van der Waals surface area (Å²) in [7, 11) is 1.61. The van der Waals surface area contributed by atoms with Gasteiger partial charge in [0.25, 0.3) is 0 Å². The van der Waals surface area contributed by atoms with Crippen molar-refractivity contribution in [3.05, 3.63) is 29.8 Å². The fourth-order valence-corrected chi connectivity index (χ4v) is 2.04. The van der Waals surface area contributed by atoms with Crippen molar-refractivity contribution in [1.29, 1.82) is 0 Å². The predicted molar refractivity (Wildman–Crippen MR) is 73.9 cm³/mol. The van der Waals surface area contributed by atoms with Crippen LogP contribution in [0.1, 0.15) is 31.2 Å². The van der Waals surface area contributed by atoms with Crippen LogP contribution in [0.15, 0.2) is 24.3 Å². The summed E-state index contributed by atoms with van der Waals surface area (Å²) in [6.07, 6.45) is 2.49. The normalized spacial score (nSPS) is 11.8. The quantitative estimate of drug-likeness (QED) is 0.679. The van der Waals surface area contributed by atoms with Gasteiger partial charge in [-0.15, -0.1) is 0 Å². The molecule has 20 heavy (non-hydrogen) atoms. The molecule has 0 saturated carbocycles. The zero-order valence-electron chi connectivity index (χ0n) is 11.5. The number of carboxylic acids is 2. The van der Waals surface area contributed by atoms with Crippen LogP contribution < -0.4 is 4.74 Å². The van der Waals surface area contributed by atoms with Gasteiger partial charge in [0.2, 0.25) is 0 Å². The van der Waals surface area contributed by atoms with Crippen LogP contribution in [0.25, 0.3) is 0 Å². The second kappa shape index (κ2) is 8.19. The lowest BCUT2D eigenvalue weighted by Gasteiger charge is -2.09. The van der Waals surface area contributed by atoms with E-state index in [0.29, 0.717) is 12.8 Å². The van der Waals surface area contributed by atoms with E-state index < -0.39 is 17.9 Å². The minimum absolute atomic E-state index is 0.308. The molecule has 0 heterocycles. The number of methoxy groups -OCH3 is 1. The van der Waals surface area contributed by atoms with Gasteiger partial charge in [-0.05, 0) is 37.0 Å². The maximum absolute atomic E-state index is 10.9. The van der Waals surface area contributed by atoms with E-state index in [0.717, 1.165) is 24.2 Å². The Morgan fingerprint density at radius 2 is 1.80 bits per heavy atom. The number of hydrogen-bond acceptors (Lipinski definition) is 3. The monoisotopic (exact) mass is 280 g/mol. The summed E-state index contributed by atoms with van der Waals surface area (Å²) >= 11 is 0. The maximum atomic E-state index is 10.9. The van der Waals surface area contributed by atoms with Crippen LogP contribution in [0.4, 0.5) is 0 Å². The van der Waals surface area contributed by atoms with Crippen LogP contribution in [0.2, 0.25) is 0 Å². The van der Waals surface area contributed by atoms with Crippen LogP contribution in [-0.2, 0) is 16.0 Å². The van der Waals surface area contributed by atoms with Gasteiger partial charge >= 0.3 is 11.9 Å². The highest BCUT2D eigenvalue weighted by Gasteiger charge is 2.20. The Balaban J connectivity index is 2.32. The number of hydrogen-bond donors (Lipinski definition) is 2. The average molecular weight is 280 g/mol. The number of aliphatic carboxylic acids is 2. The molecule has 1 atom stereocenters. The molecule has 110 valence electrons. The Labute approximate surface area is 118 Å². The molecular weight excluding hydrogens is 260 g/mol. The molecule has 0 bridgehead atoms. The van der Waals surface area contributed by atoms with Crippen molar-refractivity contribution in [2.45, 2.75) is 32.1 Å². The number of rotatable bonds is 9. The molecule has 0 spiro atoms. The highest BCUT2D eigenvalue weighted by Crippen LogP contribution is 2.17. The molecule has 2 N–H and O–H groups in total. The number of aryl methyl sites for hydroxylation is 1. The molecule has 0 aliphatic heterocycles. The zero-order valence-corrected chi connectivity index (χ0v) is 11.5. The fraction of sp³-hybridized carbons (Fsp3) is 0.467. The van der Waals surface area contributed by atoms with Gasteiger partial charge < -0.3 is 14.9 Å². The molecule has 0 unspecified atom stereocenters. The Morgan fingerprint density at radius 1 is 1.15 bits per heavy atom. The van der Waals surface area contributed by atoms with Crippen LogP contribution in [0, 0.1) is 5.92 Å². The van der Waals surface area contributed by atoms with Gasteiger partial charge in [-0.3, -0.25) is 9.59 Å². The minimum Gasteiger partial charge on any atom is -0.497 e. The van der Waals surface area contributed by atoms with Gasteiger partial charge in [-0.1, -0.05) is 18.6 Å². The van der Waals surface area contributed by atoms with E-state index in [9.17, 15) is 9.59 Å². The second-order valence-corrected chi connectivity index (χ2v) is 4.73. The van der Waals surface area contributed by atoms with E-state index in [1.165, 1.54) is 0 Å². The van der Waals surface area contributed by atoms with Crippen LogP contribution >= 0.6 is 0 Å². The summed E-state index contributed by atoms with van der Waals surface area (Å²) in [4.78, 5) is 21.4. The Morgan fingerprint density at radius 3 is 2.30 bits per heavy atom. The lowest BCUT2D eigenvalue weighted by molar-refractivity contribution is -0.148. The number of carboxylic acid groups (broad SMARTS) is 2. The first-order valence-electron chi connectivity index (χ1n) is 6.60. The molecule has 0 saturated heterocycles. The first-order chi connectivity index (χ1) is 9.52. The smallest absolute Gasteiger partial charge is 0.307 e. The second-order valence-electron chi connectivity index (χ2n) is 4.73. The van der Waals surface area contributed by atoms with Gasteiger partial charge in [0, 0.05) is 0 Å². The van der Waals surface area contributed by atoms with Crippen molar-refractivity contribution in [2.24, 2.45) is 5.92 Å². The molecule has 0 aromatic heterocycles. The van der Waals surface area contributed by atoms with E-state index in [2.05, 4.69) is 0 Å². The first kappa shape index (κ1) is 16.0. The third-order valence-corrected chi connectivity index (χ3v) is 3.20. The standard InChI is InChI=1S/C15H20O5/c1-20-13-8-6-11(7-9-13)4-2-3-5-12(15(18)19)10-14(16)17/h6-9,12H,2-5,10H2,1H3,(H,16,17)(H,18,19)/t12-/m1/s1. The largest absolute Gasteiger partial charge is 0.497 e. The highest BCUT2D eigenvalue weighted by atomic mass is 16.5. The van der Waals surface area contributed by atoms with E-state index in [1.54, 1.807) is 7.11 Å². The van der Waals surface area contributed by atoms with Crippen molar-refractivity contribution < 1.29 is 24.5 Å². The summed E-state index contributed by atoms with van der Waals surface area (Å²) in [6, 6.07) is 7.73.